The zero-order valence-electron chi connectivity index (χ0n) is 10.9. The molecular formula is C12H21N3O3. The van der Waals surface area contributed by atoms with Gasteiger partial charge in [-0.2, -0.15) is 0 Å². The van der Waals surface area contributed by atoms with Crippen LogP contribution in [0.25, 0.3) is 0 Å². The van der Waals surface area contributed by atoms with Crippen molar-refractivity contribution in [1.29, 1.82) is 0 Å². The lowest BCUT2D eigenvalue weighted by Gasteiger charge is -2.29. The summed E-state index contributed by atoms with van der Waals surface area (Å²) in [5.41, 5.74) is 0. The number of carbonyl (C=O) groups is 2. The van der Waals surface area contributed by atoms with Gasteiger partial charge in [-0.25, -0.2) is 0 Å². The molecular weight excluding hydrogens is 234 g/mol. The van der Waals surface area contributed by atoms with E-state index in [9.17, 15) is 9.59 Å². The predicted molar refractivity (Wildman–Crippen MR) is 66.1 cm³/mol. The van der Waals surface area contributed by atoms with Crippen LogP contribution in [0.3, 0.4) is 0 Å². The number of ether oxygens (including phenoxy) is 1. The van der Waals surface area contributed by atoms with Crippen molar-refractivity contribution in [2.75, 3.05) is 46.4 Å². The van der Waals surface area contributed by atoms with Gasteiger partial charge in [-0.3, -0.25) is 14.5 Å². The van der Waals surface area contributed by atoms with Crippen molar-refractivity contribution in [3.63, 3.8) is 0 Å². The van der Waals surface area contributed by atoms with Gasteiger partial charge in [0.15, 0.2) is 0 Å². The molecule has 2 amide bonds. The van der Waals surface area contributed by atoms with Crippen molar-refractivity contribution in [2.45, 2.75) is 18.9 Å². The molecule has 0 spiro atoms. The lowest BCUT2D eigenvalue weighted by Crippen LogP contribution is -2.46. The molecule has 0 aromatic carbocycles. The average molecular weight is 255 g/mol. The zero-order valence-corrected chi connectivity index (χ0v) is 10.9. The molecule has 102 valence electrons. The van der Waals surface area contributed by atoms with Crippen molar-refractivity contribution in [3.05, 3.63) is 0 Å². The summed E-state index contributed by atoms with van der Waals surface area (Å²) in [5.74, 6) is 0.00374. The van der Waals surface area contributed by atoms with E-state index in [1.54, 1.807) is 11.9 Å². The number of rotatable bonds is 4. The van der Waals surface area contributed by atoms with E-state index < -0.39 is 0 Å². The molecule has 2 rings (SSSR count). The molecule has 0 radical (unpaired) electrons. The van der Waals surface area contributed by atoms with Gasteiger partial charge in [-0.1, -0.05) is 0 Å². The molecule has 2 saturated heterocycles. The third kappa shape index (κ3) is 3.43. The van der Waals surface area contributed by atoms with E-state index in [0.717, 1.165) is 32.8 Å². The quantitative estimate of drug-likeness (QED) is 0.704. The zero-order chi connectivity index (χ0) is 13.0. The van der Waals surface area contributed by atoms with Crippen molar-refractivity contribution in [2.24, 2.45) is 0 Å². The fraction of sp³-hybridized carbons (Fsp3) is 0.833. The summed E-state index contributed by atoms with van der Waals surface area (Å²) in [5, 5.41) is 2.71. The first-order valence-electron chi connectivity index (χ1n) is 6.51. The second kappa shape index (κ2) is 6.15. The highest BCUT2D eigenvalue weighted by Crippen LogP contribution is 2.09. The maximum absolute atomic E-state index is 12.0. The first-order valence-corrected chi connectivity index (χ1v) is 6.51. The highest BCUT2D eigenvalue weighted by Gasteiger charge is 2.29. The van der Waals surface area contributed by atoms with Crippen LogP contribution in [0, 0.1) is 0 Å². The van der Waals surface area contributed by atoms with E-state index in [0.29, 0.717) is 19.4 Å². The maximum Gasteiger partial charge on any atom is 0.244 e. The monoisotopic (exact) mass is 255 g/mol. The van der Waals surface area contributed by atoms with Gasteiger partial charge in [-0.05, 0) is 6.42 Å². The standard InChI is InChI=1S/C12H21N3O3/c1-14(4-5-15-6-8-18-9-7-15)12(17)10-2-3-11(16)13-10/h10H,2-9H2,1H3,(H,13,16). The second-order valence-corrected chi connectivity index (χ2v) is 4.87. The normalized spacial score (nSPS) is 24.9. The molecule has 2 heterocycles. The minimum absolute atomic E-state index is 0.0186. The molecule has 2 fully saturated rings. The van der Waals surface area contributed by atoms with Gasteiger partial charge in [0.2, 0.25) is 11.8 Å². The van der Waals surface area contributed by atoms with Crippen LogP contribution in [0.2, 0.25) is 0 Å². The summed E-state index contributed by atoms with van der Waals surface area (Å²) >= 11 is 0. The largest absolute Gasteiger partial charge is 0.379 e. The minimum Gasteiger partial charge on any atom is -0.379 e. The fourth-order valence-electron chi connectivity index (χ4n) is 2.29. The highest BCUT2D eigenvalue weighted by atomic mass is 16.5. The Morgan fingerprint density at radius 3 is 2.83 bits per heavy atom. The summed E-state index contributed by atoms with van der Waals surface area (Å²) in [7, 11) is 1.80. The molecule has 1 unspecified atom stereocenters. The van der Waals surface area contributed by atoms with Crippen LogP contribution in [-0.4, -0.2) is 74.1 Å². The van der Waals surface area contributed by atoms with Gasteiger partial charge in [0.05, 0.1) is 13.2 Å². The predicted octanol–water partition coefficient (Wildman–Crippen LogP) is -0.944. The number of carbonyl (C=O) groups excluding carboxylic acids is 2. The molecule has 18 heavy (non-hydrogen) atoms. The van der Waals surface area contributed by atoms with Crippen molar-refractivity contribution in [3.8, 4) is 0 Å². The Bertz CT molecular complexity index is 316. The number of nitrogens with one attached hydrogen (secondary N) is 1. The van der Waals surface area contributed by atoms with Gasteiger partial charge >= 0.3 is 0 Å². The summed E-state index contributed by atoms with van der Waals surface area (Å²) < 4.78 is 5.28. The van der Waals surface area contributed by atoms with Crippen molar-refractivity contribution in [1.82, 2.24) is 15.1 Å². The summed E-state index contributed by atoms with van der Waals surface area (Å²) in [4.78, 5) is 27.1. The molecule has 1 atom stereocenters. The Morgan fingerprint density at radius 1 is 1.50 bits per heavy atom. The molecule has 0 bridgehead atoms. The number of hydrogen-bond donors (Lipinski definition) is 1. The van der Waals surface area contributed by atoms with Gasteiger partial charge in [0.25, 0.3) is 0 Å². The van der Waals surface area contributed by atoms with Crippen LogP contribution in [0.1, 0.15) is 12.8 Å². The Balaban J connectivity index is 1.71. The van der Waals surface area contributed by atoms with Crippen LogP contribution < -0.4 is 5.32 Å². The lowest BCUT2D eigenvalue weighted by molar-refractivity contribution is -0.133. The van der Waals surface area contributed by atoms with E-state index >= 15 is 0 Å². The van der Waals surface area contributed by atoms with Gasteiger partial charge in [0, 0.05) is 39.6 Å². The van der Waals surface area contributed by atoms with Crippen LogP contribution in [-0.2, 0) is 14.3 Å². The summed E-state index contributed by atoms with van der Waals surface area (Å²) in [6, 6.07) is -0.313. The molecule has 0 aromatic rings. The van der Waals surface area contributed by atoms with E-state index in [2.05, 4.69) is 10.2 Å². The SMILES string of the molecule is CN(CCN1CCOCC1)C(=O)C1CCC(=O)N1. The number of nitrogens with zero attached hydrogens (tertiary/aromatic N) is 2. The topological polar surface area (TPSA) is 61.9 Å². The van der Waals surface area contributed by atoms with Crippen LogP contribution in [0.15, 0.2) is 0 Å². The van der Waals surface area contributed by atoms with Crippen molar-refractivity contribution < 1.29 is 14.3 Å². The number of amides is 2. The summed E-state index contributed by atoms with van der Waals surface area (Å²) in [6.45, 7) is 4.98. The molecule has 6 nitrogen and oxygen atoms in total. The van der Waals surface area contributed by atoms with Gasteiger partial charge in [0.1, 0.15) is 6.04 Å². The van der Waals surface area contributed by atoms with Crippen LogP contribution >= 0.6 is 0 Å². The lowest BCUT2D eigenvalue weighted by atomic mass is 10.2. The number of hydrogen-bond acceptors (Lipinski definition) is 4. The Morgan fingerprint density at radius 2 is 2.22 bits per heavy atom. The average Bonchev–Trinajstić information content (AvgIpc) is 2.83. The first-order chi connectivity index (χ1) is 8.66. The number of morpholine rings is 1. The fourth-order valence-corrected chi connectivity index (χ4v) is 2.29. The third-order valence-corrected chi connectivity index (χ3v) is 3.52. The maximum atomic E-state index is 12.0. The van der Waals surface area contributed by atoms with Gasteiger partial charge < -0.3 is 15.0 Å². The van der Waals surface area contributed by atoms with Crippen LogP contribution in [0.5, 0.6) is 0 Å². The smallest absolute Gasteiger partial charge is 0.244 e. The Hall–Kier alpha value is -1.14. The summed E-state index contributed by atoms with van der Waals surface area (Å²) in [6.07, 6.45) is 1.09. The van der Waals surface area contributed by atoms with Crippen molar-refractivity contribution >= 4 is 11.8 Å². The first kappa shape index (κ1) is 13.3. The molecule has 1 N–H and O–H groups in total. The Kier molecular flexibility index (Phi) is 4.54. The van der Waals surface area contributed by atoms with E-state index in [1.165, 1.54) is 0 Å². The van der Waals surface area contributed by atoms with Gasteiger partial charge in [-0.15, -0.1) is 0 Å². The highest BCUT2D eigenvalue weighted by molar-refractivity contribution is 5.90. The molecule has 0 saturated carbocycles. The molecule has 0 aromatic heterocycles. The Labute approximate surface area is 107 Å². The third-order valence-electron chi connectivity index (χ3n) is 3.52. The van der Waals surface area contributed by atoms with E-state index in [-0.39, 0.29) is 17.9 Å². The van der Waals surface area contributed by atoms with E-state index in [1.807, 2.05) is 0 Å². The molecule has 2 aliphatic heterocycles. The van der Waals surface area contributed by atoms with E-state index in [4.69, 9.17) is 4.74 Å². The molecule has 2 aliphatic rings. The molecule has 6 heteroatoms. The van der Waals surface area contributed by atoms with Crippen LogP contribution in [0.4, 0.5) is 0 Å². The second-order valence-electron chi connectivity index (χ2n) is 4.87. The minimum atomic E-state index is -0.313. The molecule has 0 aliphatic carbocycles. The number of likely N-dealkylation sites (N-methyl/N-ethyl adjacent to an activating group) is 1.